The summed E-state index contributed by atoms with van der Waals surface area (Å²) in [5, 5.41) is -0.0576. The molecule has 0 atom stereocenters. The fourth-order valence-corrected chi connectivity index (χ4v) is 3.06. The molecule has 0 aromatic heterocycles. The zero-order chi connectivity index (χ0) is 14.0. The summed E-state index contributed by atoms with van der Waals surface area (Å²) >= 11 is 5.77. The molecule has 19 heavy (non-hydrogen) atoms. The summed E-state index contributed by atoms with van der Waals surface area (Å²) in [7, 11) is -3.96. The zero-order valence-corrected chi connectivity index (χ0v) is 11.2. The van der Waals surface area contributed by atoms with E-state index in [1.807, 2.05) is 0 Å². The highest BCUT2D eigenvalue weighted by atomic mass is 35.5. The van der Waals surface area contributed by atoms with Crippen LogP contribution in [0.3, 0.4) is 0 Å². The Morgan fingerprint density at radius 2 is 1.89 bits per heavy atom. The van der Waals surface area contributed by atoms with Crippen LogP contribution < -0.4 is 10.5 Å². The Bertz CT molecular complexity index is 719. The lowest BCUT2D eigenvalue weighted by Gasteiger charge is -2.10. The highest BCUT2D eigenvalue weighted by molar-refractivity contribution is 7.92. The summed E-state index contributed by atoms with van der Waals surface area (Å²) in [5.74, 6) is -0.683. The lowest BCUT2D eigenvalue weighted by Crippen LogP contribution is -2.13. The summed E-state index contributed by atoms with van der Waals surface area (Å²) in [6.45, 7) is 0. The molecule has 0 heterocycles. The maximum absolute atomic E-state index is 13.1. The van der Waals surface area contributed by atoms with Gasteiger partial charge >= 0.3 is 0 Å². The largest absolute Gasteiger partial charge is 0.399 e. The number of halogens is 2. The highest BCUT2D eigenvalue weighted by Gasteiger charge is 2.18. The first kappa shape index (κ1) is 13.6. The lowest BCUT2D eigenvalue weighted by atomic mass is 10.3. The number of nitrogen functional groups attached to an aromatic ring is 1. The van der Waals surface area contributed by atoms with E-state index < -0.39 is 15.8 Å². The molecule has 7 heteroatoms. The molecule has 4 nitrogen and oxygen atoms in total. The normalized spacial score (nSPS) is 11.3. The first-order valence-electron chi connectivity index (χ1n) is 5.22. The standard InChI is InChI=1S/C12H10ClFN2O2S/c13-11-5-4-8(14)6-12(11)19(17,18)16-10-3-1-2-9(15)7-10/h1-7,16H,15H2. The molecular formula is C12H10ClFN2O2S. The molecule has 0 saturated heterocycles. The summed E-state index contributed by atoms with van der Waals surface area (Å²) in [5.41, 5.74) is 6.24. The lowest BCUT2D eigenvalue weighted by molar-refractivity contribution is 0.595. The van der Waals surface area contributed by atoms with E-state index >= 15 is 0 Å². The predicted molar refractivity (Wildman–Crippen MR) is 73.1 cm³/mol. The third-order valence-electron chi connectivity index (χ3n) is 2.32. The van der Waals surface area contributed by atoms with E-state index in [0.717, 1.165) is 12.1 Å². The van der Waals surface area contributed by atoms with Crippen LogP contribution in [0.15, 0.2) is 47.4 Å². The number of anilines is 2. The van der Waals surface area contributed by atoms with Crippen LogP contribution in [0.4, 0.5) is 15.8 Å². The number of benzene rings is 2. The van der Waals surface area contributed by atoms with Crippen molar-refractivity contribution >= 4 is 33.0 Å². The van der Waals surface area contributed by atoms with Gasteiger partial charge < -0.3 is 5.73 Å². The number of nitrogens with one attached hydrogen (secondary N) is 1. The van der Waals surface area contributed by atoms with Crippen molar-refractivity contribution in [2.24, 2.45) is 0 Å². The highest BCUT2D eigenvalue weighted by Crippen LogP contribution is 2.25. The summed E-state index contributed by atoms with van der Waals surface area (Å²) in [4.78, 5) is -0.323. The zero-order valence-electron chi connectivity index (χ0n) is 9.60. The van der Waals surface area contributed by atoms with Gasteiger partial charge in [-0.05, 0) is 36.4 Å². The molecule has 0 saturated carbocycles. The SMILES string of the molecule is Nc1cccc(NS(=O)(=O)c2cc(F)ccc2Cl)c1. The summed E-state index contributed by atoms with van der Waals surface area (Å²) in [6.07, 6.45) is 0. The molecule has 2 rings (SSSR count). The Kier molecular flexibility index (Phi) is 3.64. The van der Waals surface area contributed by atoms with E-state index in [-0.39, 0.29) is 15.6 Å². The molecule has 0 fully saturated rings. The Labute approximate surface area is 115 Å². The van der Waals surface area contributed by atoms with Gasteiger partial charge in [-0.15, -0.1) is 0 Å². The maximum Gasteiger partial charge on any atom is 0.263 e. The first-order chi connectivity index (χ1) is 8.88. The van der Waals surface area contributed by atoms with Gasteiger partial charge in [-0.2, -0.15) is 0 Å². The molecule has 0 amide bonds. The molecule has 2 aromatic carbocycles. The molecule has 0 aliphatic heterocycles. The maximum atomic E-state index is 13.1. The molecule has 0 radical (unpaired) electrons. The van der Waals surface area contributed by atoms with Crippen molar-refractivity contribution in [3.05, 3.63) is 53.3 Å². The average molecular weight is 301 g/mol. The van der Waals surface area contributed by atoms with Crippen LogP contribution in [0.25, 0.3) is 0 Å². The minimum atomic E-state index is -3.96. The molecular weight excluding hydrogens is 291 g/mol. The van der Waals surface area contributed by atoms with Crippen molar-refractivity contribution in [1.29, 1.82) is 0 Å². The van der Waals surface area contributed by atoms with Gasteiger partial charge in [-0.3, -0.25) is 4.72 Å². The quantitative estimate of drug-likeness (QED) is 0.856. The van der Waals surface area contributed by atoms with Crippen LogP contribution in [-0.2, 0) is 10.0 Å². The van der Waals surface area contributed by atoms with Gasteiger partial charge in [-0.25, -0.2) is 12.8 Å². The smallest absolute Gasteiger partial charge is 0.263 e. The second kappa shape index (κ2) is 5.07. The second-order valence-electron chi connectivity index (χ2n) is 3.81. The number of hydrogen-bond acceptors (Lipinski definition) is 3. The fourth-order valence-electron chi connectivity index (χ4n) is 1.50. The summed E-state index contributed by atoms with van der Waals surface area (Å²) in [6, 6.07) is 9.32. The minimum Gasteiger partial charge on any atom is -0.399 e. The Balaban J connectivity index is 2.40. The molecule has 0 aliphatic carbocycles. The fraction of sp³-hybridized carbons (Fsp3) is 0. The van der Waals surface area contributed by atoms with Gasteiger partial charge in [0.1, 0.15) is 10.7 Å². The van der Waals surface area contributed by atoms with Crippen LogP contribution in [-0.4, -0.2) is 8.42 Å². The summed E-state index contributed by atoms with van der Waals surface area (Å²) < 4.78 is 39.6. The van der Waals surface area contributed by atoms with Crippen molar-refractivity contribution in [3.8, 4) is 0 Å². The molecule has 0 bridgehead atoms. The third kappa shape index (κ3) is 3.15. The number of sulfonamides is 1. The van der Waals surface area contributed by atoms with E-state index in [2.05, 4.69) is 4.72 Å². The van der Waals surface area contributed by atoms with Gasteiger partial charge in [0.2, 0.25) is 0 Å². The van der Waals surface area contributed by atoms with E-state index in [1.54, 1.807) is 12.1 Å². The molecule has 0 unspecified atom stereocenters. The van der Waals surface area contributed by atoms with E-state index in [4.69, 9.17) is 17.3 Å². The van der Waals surface area contributed by atoms with Gasteiger partial charge in [0, 0.05) is 5.69 Å². The Morgan fingerprint density at radius 1 is 1.16 bits per heavy atom. The molecule has 3 N–H and O–H groups in total. The number of hydrogen-bond donors (Lipinski definition) is 2. The van der Waals surface area contributed by atoms with Crippen LogP contribution in [0, 0.1) is 5.82 Å². The van der Waals surface area contributed by atoms with Crippen LogP contribution >= 0.6 is 11.6 Å². The third-order valence-corrected chi connectivity index (χ3v) is 4.18. The molecule has 2 aromatic rings. The topological polar surface area (TPSA) is 72.2 Å². The van der Waals surface area contributed by atoms with E-state index in [9.17, 15) is 12.8 Å². The number of rotatable bonds is 3. The van der Waals surface area contributed by atoms with Crippen molar-refractivity contribution in [2.45, 2.75) is 4.90 Å². The Morgan fingerprint density at radius 3 is 2.58 bits per heavy atom. The number of nitrogens with two attached hydrogens (primary N) is 1. The van der Waals surface area contributed by atoms with E-state index in [0.29, 0.717) is 5.69 Å². The average Bonchev–Trinajstić information content (AvgIpc) is 2.31. The predicted octanol–water partition coefficient (Wildman–Crippen LogP) is 2.86. The van der Waals surface area contributed by atoms with Gasteiger partial charge in [0.25, 0.3) is 10.0 Å². The van der Waals surface area contributed by atoms with Crippen molar-refractivity contribution in [3.63, 3.8) is 0 Å². The minimum absolute atomic E-state index is 0.0576. The van der Waals surface area contributed by atoms with E-state index in [1.165, 1.54) is 18.2 Å². The molecule has 100 valence electrons. The Hall–Kier alpha value is -1.79. The van der Waals surface area contributed by atoms with Gasteiger partial charge in [-0.1, -0.05) is 17.7 Å². The van der Waals surface area contributed by atoms with Crippen molar-refractivity contribution < 1.29 is 12.8 Å². The van der Waals surface area contributed by atoms with Crippen molar-refractivity contribution in [2.75, 3.05) is 10.5 Å². The van der Waals surface area contributed by atoms with Crippen molar-refractivity contribution in [1.82, 2.24) is 0 Å². The second-order valence-corrected chi connectivity index (χ2v) is 5.86. The van der Waals surface area contributed by atoms with Gasteiger partial charge in [0.05, 0.1) is 10.7 Å². The monoisotopic (exact) mass is 300 g/mol. The van der Waals surface area contributed by atoms with Crippen LogP contribution in [0.1, 0.15) is 0 Å². The van der Waals surface area contributed by atoms with Crippen LogP contribution in [0.5, 0.6) is 0 Å². The van der Waals surface area contributed by atoms with Gasteiger partial charge in [0.15, 0.2) is 0 Å². The molecule has 0 aliphatic rings. The molecule has 0 spiro atoms. The van der Waals surface area contributed by atoms with Crippen LogP contribution in [0.2, 0.25) is 5.02 Å². The first-order valence-corrected chi connectivity index (χ1v) is 7.08.